The van der Waals surface area contributed by atoms with Gasteiger partial charge in [0.1, 0.15) is 17.7 Å². The second-order valence-corrected chi connectivity index (χ2v) is 7.21. The molecule has 170 valence electrons. The first-order valence-electron chi connectivity index (χ1n) is 10.0. The molecule has 0 aliphatic carbocycles. The van der Waals surface area contributed by atoms with E-state index >= 15 is 0 Å². The molecule has 4 rings (SSSR count). The summed E-state index contributed by atoms with van der Waals surface area (Å²) in [6.07, 6.45) is 5.53. The first-order valence-corrected chi connectivity index (χ1v) is 10.0. The highest BCUT2D eigenvalue weighted by Crippen LogP contribution is 2.22. The largest absolute Gasteiger partial charge is 0.439 e. The molecule has 1 N–H and O–H groups in total. The van der Waals surface area contributed by atoms with E-state index in [2.05, 4.69) is 25.3 Å². The highest BCUT2D eigenvalue weighted by molar-refractivity contribution is 14.0. The van der Waals surface area contributed by atoms with Crippen molar-refractivity contribution in [3.8, 4) is 11.6 Å². The van der Waals surface area contributed by atoms with Crippen molar-refractivity contribution in [2.45, 2.75) is 12.6 Å². The van der Waals surface area contributed by atoms with Gasteiger partial charge in [-0.05, 0) is 29.8 Å². The van der Waals surface area contributed by atoms with Crippen molar-refractivity contribution in [1.29, 1.82) is 0 Å². The smallest absolute Gasteiger partial charge is 0.219 e. The minimum absolute atomic E-state index is 0. The Morgan fingerprint density at radius 2 is 2.06 bits per heavy atom. The molecular weight excluding hydrogens is 526 g/mol. The van der Waals surface area contributed by atoms with Crippen LogP contribution in [0.2, 0.25) is 0 Å². The average Bonchev–Trinajstić information content (AvgIpc) is 3.23. The molecule has 2 aromatic heterocycles. The molecule has 0 amide bonds. The van der Waals surface area contributed by atoms with Crippen molar-refractivity contribution >= 4 is 29.9 Å². The van der Waals surface area contributed by atoms with Gasteiger partial charge < -0.3 is 19.7 Å². The lowest BCUT2D eigenvalue weighted by atomic mass is 10.1. The molecule has 32 heavy (non-hydrogen) atoms. The van der Waals surface area contributed by atoms with E-state index in [1.54, 1.807) is 36.1 Å². The fourth-order valence-corrected chi connectivity index (χ4v) is 3.36. The monoisotopic (exact) mass is 552 g/mol. The Balaban J connectivity index is 0.00000289. The lowest BCUT2D eigenvalue weighted by Crippen LogP contribution is -2.47. The van der Waals surface area contributed by atoms with Gasteiger partial charge in [0.15, 0.2) is 5.96 Å². The lowest BCUT2D eigenvalue weighted by molar-refractivity contribution is -0.00805. The van der Waals surface area contributed by atoms with Gasteiger partial charge in [0, 0.05) is 51.2 Å². The number of rotatable bonds is 5. The van der Waals surface area contributed by atoms with E-state index in [1.165, 1.54) is 12.1 Å². The number of ether oxygens (including phenoxy) is 2. The van der Waals surface area contributed by atoms with Gasteiger partial charge in [0.2, 0.25) is 5.88 Å². The minimum Gasteiger partial charge on any atom is -0.439 e. The normalized spacial score (nSPS) is 16.4. The van der Waals surface area contributed by atoms with Crippen LogP contribution in [0.25, 0.3) is 0 Å². The summed E-state index contributed by atoms with van der Waals surface area (Å²) < 4.78 is 26.3. The van der Waals surface area contributed by atoms with E-state index in [0.29, 0.717) is 31.3 Å². The van der Waals surface area contributed by atoms with Crippen molar-refractivity contribution in [2.75, 3.05) is 26.7 Å². The van der Waals surface area contributed by atoms with E-state index in [-0.39, 0.29) is 35.9 Å². The van der Waals surface area contributed by atoms with E-state index < -0.39 is 0 Å². The van der Waals surface area contributed by atoms with Gasteiger partial charge in [-0.1, -0.05) is 6.07 Å². The number of morpholine rings is 1. The lowest BCUT2D eigenvalue weighted by Gasteiger charge is -2.34. The Morgan fingerprint density at radius 3 is 2.72 bits per heavy atom. The van der Waals surface area contributed by atoms with Gasteiger partial charge in [-0.25, -0.2) is 9.37 Å². The molecule has 1 aliphatic rings. The number of aryl methyl sites for hydroxylation is 1. The summed E-state index contributed by atoms with van der Waals surface area (Å²) in [5, 5.41) is 7.62. The quantitative estimate of drug-likeness (QED) is 0.297. The fourth-order valence-electron chi connectivity index (χ4n) is 3.36. The molecule has 1 unspecified atom stereocenters. The van der Waals surface area contributed by atoms with Crippen molar-refractivity contribution in [3.05, 3.63) is 71.9 Å². The van der Waals surface area contributed by atoms with Gasteiger partial charge in [0.05, 0.1) is 19.3 Å². The van der Waals surface area contributed by atoms with Crippen LogP contribution in [0, 0.1) is 5.82 Å². The SMILES string of the molecule is CN=C(NCc1ccc(Oc2ccc(F)cc2)nc1)N1CCOC(c2cnn(C)c2)C1.I. The Hall–Kier alpha value is -2.73. The molecule has 3 aromatic rings. The number of aliphatic imine (C=N–C) groups is 1. The molecule has 10 heteroatoms. The molecular formula is C22H26FIN6O2. The van der Waals surface area contributed by atoms with E-state index in [9.17, 15) is 4.39 Å². The van der Waals surface area contributed by atoms with Crippen LogP contribution in [-0.4, -0.2) is 52.4 Å². The van der Waals surface area contributed by atoms with E-state index in [4.69, 9.17) is 9.47 Å². The number of pyridine rings is 1. The third-order valence-corrected chi connectivity index (χ3v) is 4.96. The van der Waals surface area contributed by atoms with Crippen LogP contribution in [0.5, 0.6) is 11.6 Å². The summed E-state index contributed by atoms with van der Waals surface area (Å²) in [4.78, 5) is 10.9. The first kappa shape index (κ1) is 23.9. The first-order chi connectivity index (χ1) is 15.1. The number of hydrogen-bond acceptors (Lipinski definition) is 5. The Labute approximate surface area is 203 Å². The van der Waals surface area contributed by atoms with Crippen molar-refractivity contribution in [2.24, 2.45) is 12.0 Å². The summed E-state index contributed by atoms with van der Waals surface area (Å²) in [6.45, 7) is 2.66. The van der Waals surface area contributed by atoms with Crippen LogP contribution in [-0.2, 0) is 18.3 Å². The number of hydrogen-bond donors (Lipinski definition) is 1. The summed E-state index contributed by atoms with van der Waals surface area (Å²) in [5.41, 5.74) is 2.05. The number of guanidine groups is 1. The highest BCUT2D eigenvalue weighted by Gasteiger charge is 2.25. The van der Waals surface area contributed by atoms with Crippen molar-refractivity contribution in [1.82, 2.24) is 25.0 Å². The summed E-state index contributed by atoms with van der Waals surface area (Å²) in [7, 11) is 3.67. The van der Waals surface area contributed by atoms with E-state index in [1.807, 2.05) is 25.5 Å². The maximum absolute atomic E-state index is 13.0. The minimum atomic E-state index is -0.304. The molecule has 0 radical (unpaired) electrons. The maximum atomic E-state index is 13.0. The zero-order chi connectivity index (χ0) is 21.6. The fraction of sp³-hybridized carbons (Fsp3) is 0.318. The standard InChI is InChI=1S/C22H25FN6O2.HI/c1-24-22(29-9-10-30-20(15-29)17-13-27-28(2)14-17)26-12-16-3-8-21(25-11-16)31-19-6-4-18(23)5-7-19;/h3-8,11,13-14,20H,9-10,12,15H2,1-2H3,(H,24,26);1H. The number of halogens is 2. The second kappa shape index (κ2) is 11.2. The van der Waals surface area contributed by atoms with Gasteiger partial charge in [-0.3, -0.25) is 9.67 Å². The zero-order valence-electron chi connectivity index (χ0n) is 17.9. The Kier molecular flexibility index (Phi) is 8.39. The van der Waals surface area contributed by atoms with Gasteiger partial charge >= 0.3 is 0 Å². The third kappa shape index (κ3) is 6.16. The van der Waals surface area contributed by atoms with Crippen LogP contribution in [0.3, 0.4) is 0 Å². The molecule has 3 heterocycles. The van der Waals surface area contributed by atoms with Crippen LogP contribution >= 0.6 is 24.0 Å². The average molecular weight is 552 g/mol. The third-order valence-electron chi connectivity index (χ3n) is 4.96. The second-order valence-electron chi connectivity index (χ2n) is 7.21. The van der Waals surface area contributed by atoms with Crippen LogP contribution in [0.15, 0.2) is 60.0 Å². The predicted octanol–water partition coefficient (Wildman–Crippen LogP) is 3.51. The number of nitrogens with zero attached hydrogens (tertiary/aromatic N) is 5. The zero-order valence-corrected chi connectivity index (χ0v) is 20.3. The molecule has 1 aromatic carbocycles. The van der Waals surface area contributed by atoms with Gasteiger partial charge in [-0.15, -0.1) is 24.0 Å². The predicted molar refractivity (Wildman–Crippen MR) is 130 cm³/mol. The van der Waals surface area contributed by atoms with Gasteiger partial charge in [0.25, 0.3) is 0 Å². The van der Waals surface area contributed by atoms with Crippen molar-refractivity contribution in [3.63, 3.8) is 0 Å². The molecule has 0 spiro atoms. The Morgan fingerprint density at radius 1 is 1.25 bits per heavy atom. The summed E-state index contributed by atoms with van der Waals surface area (Å²) >= 11 is 0. The molecule has 0 saturated carbocycles. The molecule has 1 aliphatic heterocycles. The van der Waals surface area contributed by atoms with Crippen LogP contribution in [0.4, 0.5) is 4.39 Å². The number of nitrogens with one attached hydrogen (secondary N) is 1. The topological polar surface area (TPSA) is 76.8 Å². The molecule has 8 nitrogen and oxygen atoms in total. The number of benzene rings is 1. The van der Waals surface area contributed by atoms with E-state index in [0.717, 1.165) is 23.6 Å². The van der Waals surface area contributed by atoms with Crippen LogP contribution in [0.1, 0.15) is 17.2 Å². The molecule has 0 bridgehead atoms. The molecule has 1 atom stereocenters. The van der Waals surface area contributed by atoms with Crippen molar-refractivity contribution < 1.29 is 13.9 Å². The number of aromatic nitrogens is 3. The summed E-state index contributed by atoms with van der Waals surface area (Å²) in [6, 6.07) is 9.56. The highest BCUT2D eigenvalue weighted by atomic mass is 127. The summed E-state index contributed by atoms with van der Waals surface area (Å²) in [5.74, 6) is 1.49. The maximum Gasteiger partial charge on any atom is 0.219 e. The van der Waals surface area contributed by atoms with Crippen LogP contribution < -0.4 is 10.1 Å². The Bertz CT molecular complexity index is 1030. The van der Waals surface area contributed by atoms with Gasteiger partial charge in [-0.2, -0.15) is 5.10 Å². The molecule has 1 saturated heterocycles. The molecule has 1 fully saturated rings.